The first kappa shape index (κ1) is 16.0. The van der Waals surface area contributed by atoms with Gasteiger partial charge >= 0.3 is 5.97 Å². The molecular formula is C16H20N2O4. The van der Waals surface area contributed by atoms with Crippen LogP contribution in [0.25, 0.3) is 0 Å². The zero-order valence-corrected chi connectivity index (χ0v) is 12.7. The summed E-state index contributed by atoms with van der Waals surface area (Å²) < 4.78 is 0. The van der Waals surface area contributed by atoms with E-state index in [2.05, 4.69) is 10.6 Å². The Morgan fingerprint density at radius 3 is 2.50 bits per heavy atom. The average molecular weight is 304 g/mol. The summed E-state index contributed by atoms with van der Waals surface area (Å²) in [6.07, 6.45) is 0.924. The van der Waals surface area contributed by atoms with Gasteiger partial charge in [0.1, 0.15) is 12.1 Å². The molecule has 1 aromatic carbocycles. The summed E-state index contributed by atoms with van der Waals surface area (Å²) >= 11 is 0. The molecule has 0 bridgehead atoms. The van der Waals surface area contributed by atoms with E-state index in [1.54, 1.807) is 0 Å². The summed E-state index contributed by atoms with van der Waals surface area (Å²) in [7, 11) is 0. The Morgan fingerprint density at radius 2 is 2.00 bits per heavy atom. The van der Waals surface area contributed by atoms with E-state index in [1.807, 2.05) is 32.0 Å². The number of benzene rings is 1. The molecule has 2 atom stereocenters. The predicted molar refractivity (Wildman–Crippen MR) is 80.4 cm³/mol. The summed E-state index contributed by atoms with van der Waals surface area (Å²) in [6.45, 7) is 3.83. The maximum absolute atomic E-state index is 12.1. The third-order valence-corrected chi connectivity index (χ3v) is 3.98. The van der Waals surface area contributed by atoms with E-state index >= 15 is 0 Å². The van der Waals surface area contributed by atoms with Crippen molar-refractivity contribution in [1.29, 1.82) is 0 Å². The summed E-state index contributed by atoms with van der Waals surface area (Å²) in [6, 6.07) is 4.11. The van der Waals surface area contributed by atoms with Gasteiger partial charge in [0.25, 0.3) is 0 Å². The van der Waals surface area contributed by atoms with Crippen LogP contribution < -0.4 is 10.6 Å². The lowest BCUT2D eigenvalue weighted by atomic mass is 9.96. The molecule has 0 aromatic heterocycles. The number of carboxylic acid groups (broad SMARTS) is 1. The molecule has 1 aliphatic rings. The first-order valence-corrected chi connectivity index (χ1v) is 7.26. The first-order chi connectivity index (χ1) is 10.4. The van der Waals surface area contributed by atoms with Gasteiger partial charge in [-0.3, -0.25) is 9.59 Å². The quantitative estimate of drug-likeness (QED) is 0.746. The molecule has 0 unspecified atom stereocenters. The Labute approximate surface area is 128 Å². The molecule has 2 amide bonds. The van der Waals surface area contributed by atoms with Crippen molar-refractivity contribution in [2.45, 2.75) is 45.2 Å². The maximum Gasteiger partial charge on any atom is 0.326 e. The van der Waals surface area contributed by atoms with Gasteiger partial charge in [0.15, 0.2) is 0 Å². The molecule has 0 aliphatic carbocycles. The monoisotopic (exact) mass is 304 g/mol. The highest BCUT2D eigenvalue weighted by Crippen LogP contribution is 2.16. The van der Waals surface area contributed by atoms with Crippen molar-refractivity contribution in [1.82, 2.24) is 10.6 Å². The summed E-state index contributed by atoms with van der Waals surface area (Å²) in [5, 5.41) is 14.4. The number of rotatable bonds is 5. The Kier molecular flexibility index (Phi) is 4.80. The molecule has 22 heavy (non-hydrogen) atoms. The molecule has 6 nitrogen and oxygen atoms in total. The lowest BCUT2D eigenvalue weighted by Gasteiger charge is -2.19. The van der Waals surface area contributed by atoms with Crippen molar-refractivity contribution in [3.05, 3.63) is 34.9 Å². The average Bonchev–Trinajstić information content (AvgIpc) is 2.88. The number of hydrogen-bond acceptors (Lipinski definition) is 3. The van der Waals surface area contributed by atoms with Gasteiger partial charge in [-0.05, 0) is 37.0 Å². The van der Waals surface area contributed by atoms with Gasteiger partial charge in [-0.2, -0.15) is 0 Å². The highest BCUT2D eigenvalue weighted by Gasteiger charge is 2.30. The van der Waals surface area contributed by atoms with Gasteiger partial charge in [-0.25, -0.2) is 4.79 Å². The number of aryl methyl sites for hydroxylation is 2. The van der Waals surface area contributed by atoms with Crippen LogP contribution in [0, 0.1) is 13.8 Å². The molecule has 118 valence electrons. The highest BCUT2D eigenvalue weighted by molar-refractivity contribution is 5.92. The lowest BCUT2D eigenvalue weighted by Crippen LogP contribution is -2.49. The van der Waals surface area contributed by atoms with Crippen molar-refractivity contribution >= 4 is 17.8 Å². The van der Waals surface area contributed by atoms with Crippen LogP contribution in [0.2, 0.25) is 0 Å². The van der Waals surface area contributed by atoms with Crippen LogP contribution in [0.3, 0.4) is 0 Å². The normalized spacial score (nSPS) is 18.6. The van der Waals surface area contributed by atoms with E-state index in [0.29, 0.717) is 12.8 Å². The number of amides is 2. The molecular weight excluding hydrogens is 284 g/mol. The smallest absolute Gasteiger partial charge is 0.326 e. The fraction of sp³-hybridized carbons (Fsp3) is 0.438. The zero-order valence-electron chi connectivity index (χ0n) is 12.7. The van der Waals surface area contributed by atoms with Gasteiger partial charge in [-0.1, -0.05) is 18.2 Å². The van der Waals surface area contributed by atoms with Crippen molar-refractivity contribution in [3.63, 3.8) is 0 Å². The third-order valence-electron chi connectivity index (χ3n) is 3.98. The molecule has 0 saturated carbocycles. The standard InChI is InChI=1S/C16H20N2O4/c1-9-4-3-5-10(2)11(9)8-13(16(21)22)18-15(20)12-6-7-14(19)17-12/h3-5,12-13H,6-8H2,1-2H3,(H,17,19)(H,18,20)(H,21,22)/t12-,13+/m1/s1. The van der Waals surface area contributed by atoms with Gasteiger partial charge < -0.3 is 15.7 Å². The van der Waals surface area contributed by atoms with Gasteiger partial charge in [0, 0.05) is 12.8 Å². The van der Waals surface area contributed by atoms with Crippen LogP contribution >= 0.6 is 0 Å². The molecule has 1 saturated heterocycles. The molecule has 6 heteroatoms. The van der Waals surface area contributed by atoms with Gasteiger partial charge in [-0.15, -0.1) is 0 Å². The van der Waals surface area contributed by atoms with Gasteiger partial charge in [0.2, 0.25) is 11.8 Å². The summed E-state index contributed by atoms with van der Waals surface area (Å²) in [5.41, 5.74) is 2.91. The van der Waals surface area contributed by atoms with E-state index in [9.17, 15) is 19.5 Å². The van der Waals surface area contributed by atoms with E-state index < -0.39 is 24.0 Å². The van der Waals surface area contributed by atoms with Crippen LogP contribution in [0.4, 0.5) is 0 Å². The SMILES string of the molecule is Cc1cccc(C)c1C[C@H](NC(=O)[C@H]1CCC(=O)N1)C(=O)O. The van der Waals surface area contributed by atoms with Crippen molar-refractivity contribution < 1.29 is 19.5 Å². The molecule has 2 rings (SSSR count). The van der Waals surface area contributed by atoms with E-state index in [-0.39, 0.29) is 12.3 Å². The first-order valence-electron chi connectivity index (χ1n) is 7.26. The van der Waals surface area contributed by atoms with Crippen LogP contribution in [0.15, 0.2) is 18.2 Å². The summed E-state index contributed by atoms with van der Waals surface area (Å²) in [5.74, 6) is -1.70. The van der Waals surface area contributed by atoms with Crippen LogP contribution in [-0.4, -0.2) is 35.0 Å². The van der Waals surface area contributed by atoms with Crippen LogP contribution in [-0.2, 0) is 20.8 Å². The molecule has 3 N–H and O–H groups in total. The lowest BCUT2D eigenvalue weighted by molar-refractivity contribution is -0.142. The van der Waals surface area contributed by atoms with Gasteiger partial charge in [0.05, 0.1) is 0 Å². The number of carbonyl (C=O) groups is 3. The maximum atomic E-state index is 12.1. The molecule has 1 fully saturated rings. The molecule has 0 spiro atoms. The van der Waals surface area contributed by atoms with E-state index in [1.165, 1.54) is 0 Å². The highest BCUT2D eigenvalue weighted by atomic mass is 16.4. The molecule has 1 aromatic rings. The zero-order chi connectivity index (χ0) is 16.3. The Hall–Kier alpha value is -2.37. The largest absolute Gasteiger partial charge is 0.480 e. The second kappa shape index (κ2) is 6.60. The second-order valence-electron chi connectivity index (χ2n) is 5.63. The fourth-order valence-electron chi connectivity index (χ4n) is 2.66. The Morgan fingerprint density at radius 1 is 1.36 bits per heavy atom. The number of hydrogen-bond donors (Lipinski definition) is 3. The number of carboxylic acids is 1. The molecule has 0 radical (unpaired) electrons. The third kappa shape index (κ3) is 3.63. The number of carbonyl (C=O) groups excluding carboxylic acids is 2. The Balaban J connectivity index is 2.09. The van der Waals surface area contributed by atoms with Crippen molar-refractivity contribution in [2.24, 2.45) is 0 Å². The van der Waals surface area contributed by atoms with E-state index in [0.717, 1.165) is 16.7 Å². The minimum Gasteiger partial charge on any atom is -0.480 e. The van der Waals surface area contributed by atoms with Crippen LogP contribution in [0.1, 0.15) is 29.5 Å². The number of aliphatic carboxylic acids is 1. The Bertz CT molecular complexity index is 592. The number of nitrogens with one attached hydrogen (secondary N) is 2. The summed E-state index contributed by atoms with van der Waals surface area (Å²) in [4.78, 5) is 34.7. The molecule has 1 heterocycles. The van der Waals surface area contributed by atoms with Crippen LogP contribution in [0.5, 0.6) is 0 Å². The minimum absolute atomic E-state index is 0.179. The fourth-order valence-corrected chi connectivity index (χ4v) is 2.66. The van der Waals surface area contributed by atoms with Crippen molar-refractivity contribution in [2.75, 3.05) is 0 Å². The topological polar surface area (TPSA) is 95.5 Å². The van der Waals surface area contributed by atoms with E-state index in [4.69, 9.17) is 0 Å². The second-order valence-corrected chi connectivity index (χ2v) is 5.63. The van der Waals surface area contributed by atoms with Crippen molar-refractivity contribution in [3.8, 4) is 0 Å². The molecule has 1 aliphatic heterocycles. The minimum atomic E-state index is -1.08. The predicted octanol–water partition coefficient (Wildman–Crippen LogP) is 0.694.